The van der Waals surface area contributed by atoms with Crippen LogP contribution in [0.2, 0.25) is 0 Å². The molecule has 1 aromatic heterocycles. The van der Waals surface area contributed by atoms with Crippen molar-refractivity contribution >= 4 is 9.84 Å². The highest BCUT2D eigenvalue weighted by Gasteiger charge is 2.35. The van der Waals surface area contributed by atoms with E-state index >= 15 is 0 Å². The second kappa shape index (κ2) is 6.09. The molecule has 5 heteroatoms. The molecule has 2 rings (SSSR count). The molecule has 0 bridgehead atoms. The Morgan fingerprint density at radius 3 is 2.89 bits per heavy atom. The van der Waals surface area contributed by atoms with E-state index in [1.54, 1.807) is 6.26 Å². The van der Waals surface area contributed by atoms with Crippen molar-refractivity contribution in [3.05, 3.63) is 24.2 Å². The molecule has 0 amide bonds. The zero-order valence-electron chi connectivity index (χ0n) is 11.6. The molecule has 108 valence electrons. The predicted octanol–water partition coefficient (Wildman–Crippen LogP) is 2.16. The molecule has 4 nitrogen and oxygen atoms in total. The standard InChI is InChI=1S/C14H23NO3S/c1-11(8-9-12-5-4-10-18-12)15-13-6-3-7-14(13)19(2,16)17/h4-5,10-11,13-15H,3,6-9H2,1-2H3. The molecule has 1 fully saturated rings. The molecule has 1 aliphatic carbocycles. The molecule has 0 radical (unpaired) electrons. The average molecular weight is 285 g/mol. The summed E-state index contributed by atoms with van der Waals surface area (Å²) in [6.45, 7) is 2.11. The maximum atomic E-state index is 11.7. The van der Waals surface area contributed by atoms with Gasteiger partial charge in [0.1, 0.15) is 5.76 Å². The largest absolute Gasteiger partial charge is 0.469 e. The summed E-state index contributed by atoms with van der Waals surface area (Å²) >= 11 is 0. The quantitative estimate of drug-likeness (QED) is 0.870. The van der Waals surface area contributed by atoms with Gasteiger partial charge in [0.2, 0.25) is 0 Å². The van der Waals surface area contributed by atoms with E-state index < -0.39 is 9.84 Å². The minimum absolute atomic E-state index is 0.113. The van der Waals surface area contributed by atoms with Crippen LogP contribution in [0.4, 0.5) is 0 Å². The minimum atomic E-state index is -2.94. The first-order chi connectivity index (χ1) is 8.97. The lowest BCUT2D eigenvalue weighted by molar-refractivity contribution is 0.412. The Morgan fingerprint density at radius 2 is 2.26 bits per heavy atom. The van der Waals surface area contributed by atoms with Crippen LogP contribution in [0.5, 0.6) is 0 Å². The van der Waals surface area contributed by atoms with Crippen molar-refractivity contribution in [2.24, 2.45) is 0 Å². The molecule has 1 saturated carbocycles. The van der Waals surface area contributed by atoms with Gasteiger partial charge in [-0.05, 0) is 38.3 Å². The van der Waals surface area contributed by atoms with Gasteiger partial charge in [-0.1, -0.05) is 6.42 Å². The van der Waals surface area contributed by atoms with Crippen molar-refractivity contribution in [2.75, 3.05) is 6.26 Å². The maximum Gasteiger partial charge on any atom is 0.151 e. The van der Waals surface area contributed by atoms with Crippen LogP contribution in [0, 0.1) is 0 Å². The van der Waals surface area contributed by atoms with Crippen molar-refractivity contribution in [2.45, 2.75) is 56.4 Å². The number of furan rings is 1. The number of hydrogen-bond acceptors (Lipinski definition) is 4. The molecular formula is C14H23NO3S. The van der Waals surface area contributed by atoms with E-state index in [0.717, 1.165) is 37.9 Å². The van der Waals surface area contributed by atoms with E-state index in [1.807, 2.05) is 12.1 Å². The average Bonchev–Trinajstić information content (AvgIpc) is 2.95. The second-order valence-corrected chi connectivity index (χ2v) is 7.86. The smallest absolute Gasteiger partial charge is 0.151 e. The Morgan fingerprint density at radius 1 is 1.47 bits per heavy atom. The van der Waals surface area contributed by atoms with Gasteiger partial charge < -0.3 is 9.73 Å². The SMILES string of the molecule is CC(CCc1ccco1)NC1CCCC1S(C)(=O)=O. The van der Waals surface area contributed by atoms with Crippen molar-refractivity contribution in [3.8, 4) is 0 Å². The van der Waals surface area contributed by atoms with Gasteiger partial charge in [0.25, 0.3) is 0 Å². The molecule has 0 aromatic carbocycles. The van der Waals surface area contributed by atoms with E-state index in [1.165, 1.54) is 6.26 Å². The molecule has 19 heavy (non-hydrogen) atoms. The number of aryl methyl sites for hydroxylation is 1. The fourth-order valence-corrected chi connectivity index (χ4v) is 4.30. The van der Waals surface area contributed by atoms with Crippen LogP contribution in [-0.4, -0.2) is 32.0 Å². The summed E-state index contributed by atoms with van der Waals surface area (Å²) in [6, 6.07) is 4.28. The third-order valence-corrected chi connectivity index (χ3v) is 5.57. The fraction of sp³-hybridized carbons (Fsp3) is 0.714. The molecule has 1 aromatic rings. The van der Waals surface area contributed by atoms with Crippen molar-refractivity contribution < 1.29 is 12.8 Å². The monoisotopic (exact) mass is 285 g/mol. The van der Waals surface area contributed by atoms with Crippen molar-refractivity contribution in [1.29, 1.82) is 0 Å². The third-order valence-electron chi connectivity index (χ3n) is 3.90. The third kappa shape index (κ3) is 4.08. The van der Waals surface area contributed by atoms with E-state index in [-0.39, 0.29) is 11.3 Å². The van der Waals surface area contributed by atoms with Crippen molar-refractivity contribution in [3.63, 3.8) is 0 Å². The molecular weight excluding hydrogens is 262 g/mol. The Balaban J connectivity index is 1.83. The van der Waals surface area contributed by atoms with Crippen LogP contribution in [0.3, 0.4) is 0 Å². The first kappa shape index (κ1) is 14.6. The summed E-state index contributed by atoms with van der Waals surface area (Å²) in [6.07, 6.45) is 7.64. The number of rotatable bonds is 6. The molecule has 3 unspecified atom stereocenters. The van der Waals surface area contributed by atoms with E-state index in [9.17, 15) is 8.42 Å². The molecule has 0 aliphatic heterocycles. The first-order valence-electron chi connectivity index (χ1n) is 6.94. The molecule has 1 N–H and O–H groups in total. The highest BCUT2D eigenvalue weighted by atomic mass is 32.2. The van der Waals surface area contributed by atoms with Gasteiger partial charge in [-0.15, -0.1) is 0 Å². The fourth-order valence-electron chi connectivity index (χ4n) is 2.89. The minimum Gasteiger partial charge on any atom is -0.469 e. The number of nitrogens with one attached hydrogen (secondary N) is 1. The lowest BCUT2D eigenvalue weighted by atomic mass is 10.1. The number of hydrogen-bond donors (Lipinski definition) is 1. The molecule has 0 spiro atoms. The lowest BCUT2D eigenvalue weighted by Gasteiger charge is -2.23. The van der Waals surface area contributed by atoms with Gasteiger partial charge in [0, 0.05) is 24.8 Å². The highest BCUT2D eigenvalue weighted by Crippen LogP contribution is 2.25. The second-order valence-electron chi connectivity index (χ2n) is 5.59. The van der Waals surface area contributed by atoms with Crippen LogP contribution in [0.1, 0.15) is 38.4 Å². The summed E-state index contributed by atoms with van der Waals surface area (Å²) < 4.78 is 28.7. The molecule has 1 aliphatic rings. The molecule has 3 atom stereocenters. The Kier molecular flexibility index (Phi) is 4.68. The maximum absolute atomic E-state index is 11.7. The topological polar surface area (TPSA) is 59.3 Å². The van der Waals surface area contributed by atoms with Crippen LogP contribution < -0.4 is 5.32 Å². The zero-order chi connectivity index (χ0) is 13.9. The van der Waals surface area contributed by atoms with Gasteiger partial charge in [-0.25, -0.2) is 8.42 Å². The normalized spacial score (nSPS) is 25.6. The summed E-state index contributed by atoms with van der Waals surface area (Å²) in [4.78, 5) is 0. The van der Waals surface area contributed by atoms with Crippen LogP contribution >= 0.6 is 0 Å². The summed E-state index contributed by atoms with van der Waals surface area (Å²) in [5.74, 6) is 0.986. The van der Waals surface area contributed by atoms with E-state index in [2.05, 4.69) is 12.2 Å². The Bertz CT molecular complexity index is 481. The summed E-state index contributed by atoms with van der Waals surface area (Å²) in [5.41, 5.74) is 0. The van der Waals surface area contributed by atoms with Gasteiger partial charge in [-0.2, -0.15) is 0 Å². The zero-order valence-corrected chi connectivity index (χ0v) is 12.4. The Hall–Kier alpha value is -0.810. The van der Waals surface area contributed by atoms with E-state index in [0.29, 0.717) is 6.04 Å². The lowest BCUT2D eigenvalue weighted by Crippen LogP contribution is -2.44. The van der Waals surface area contributed by atoms with Crippen LogP contribution in [0.15, 0.2) is 22.8 Å². The van der Waals surface area contributed by atoms with Gasteiger partial charge in [0.05, 0.1) is 11.5 Å². The summed E-state index contributed by atoms with van der Waals surface area (Å²) in [7, 11) is -2.94. The Labute approximate surface area is 115 Å². The van der Waals surface area contributed by atoms with E-state index in [4.69, 9.17) is 4.42 Å². The first-order valence-corrected chi connectivity index (χ1v) is 8.89. The van der Waals surface area contributed by atoms with Crippen LogP contribution in [0.25, 0.3) is 0 Å². The van der Waals surface area contributed by atoms with Gasteiger partial charge in [0.15, 0.2) is 9.84 Å². The summed E-state index contributed by atoms with van der Waals surface area (Å²) in [5, 5.41) is 3.27. The van der Waals surface area contributed by atoms with Gasteiger partial charge >= 0.3 is 0 Å². The van der Waals surface area contributed by atoms with Gasteiger partial charge in [-0.3, -0.25) is 0 Å². The highest BCUT2D eigenvalue weighted by molar-refractivity contribution is 7.91. The molecule has 1 heterocycles. The van der Waals surface area contributed by atoms with Crippen molar-refractivity contribution in [1.82, 2.24) is 5.32 Å². The van der Waals surface area contributed by atoms with Crippen LogP contribution in [-0.2, 0) is 16.3 Å². The number of sulfone groups is 1. The predicted molar refractivity (Wildman–Crippen MR) is 75.9 cm³/mol. The molecule has 0 saturated heterocycles.